The number of aromatic nitrogens is 2. The fourth-order valence-electron chi connectivity index (χ4n) is 4.28. The predicted octanol–water partition coefficient (Wildman–Crippen LogP) is 5.84. The molecule has 4 nitrogen and oxygen atoms in total. The molecule has 2 aliphatic carbocycles. The van der Waals surface area contributed by atoms with Gasteiger partial charge in [-0.15, -0.1) is 0 Å². The van der Waals surface area contributed by atoms with Gasteiger partial charge in [0.15, 0.2) is 0 Å². The van der Waals surface area contributed by atoms with E-state index in [0.717, 1.165) is 28.2 Å². The smallest absolute Gasteiger partial charge is 0.131 e. The lowest BCUT2D eigenvalue weighted by Crippen LogP contribution is -2.43. The van der Waals surface area contributed by atoms with Crippen LogP contribution in [0.3, 0.4) is 0 Å². The minimum atomic E-state index is -0.737. The minimum absolute atomic E-state index is 0.0932. The molecule has 5 rings (SSSR count). The standard InChI is InChI=1S/C25H28ClN3O/c1-25(2,20-7-8-20)28-24(30)19-13-18(16-5-9-21(26)10-6-16)14-22(15-19)29-12-11-27-23(29)17-3-4-17/h5-6,9-15,17,20,24,28,30H,3-4,7-8H2,1-2H3. The van der Waals surface area contributed by atoms with Crippen LogP contribution in [0.4, 0.5) is 0 Å². The van der Waals surface area contributed by atoms with Crippen molar-refractivity contribution in [1.82, 2.24) is 14.9 Å². The van der Waals surface area contributed by atoms with Crippen LogP contribution in [0.2, 0.25) is 5.02 Å². The van der Waals surface area contributed by atoms with Gasteiger partial charge >= 0.3 is 0 Å². The summed E-state index contributed by atoms with van der Waals surface area (Å²) in [5.41, 5.74) is 3.93. The first-order valence-electron chi connectivity index (χ1n) is 10.8. The molecule has 3 aromatic rings. The fraction of sp³-hybridized carbons (Fsp3) is 0.400. The Morgan fingerprint density at radius 3 is 2.47 bits per heavy atom. The van der Waals surface area contributed by atoms with Gasteiger partial charge in [-0.25, -0.2) is 4.98 Å². The van der Waals surface area contributed by atoms with Crippen molar-refractivity contribution in [3.63, 3.8) is 0 Å². The Bertz CT molecular complexity index is 1050. The summed E-state index contributed by atoms with van der Waals surface area (Å²) < 4.78 is 2.17. The van der Waals surface area contributed by atoms with Crippen molar-refractivity contribution in [1.29, 1.82) is 0 Å². The SMILES string of the molecule is CC(C)(NC(O)c1cc(-c2ccc(Cl)cc2)cc(-n2ccnc2C2CC2)c1)C1CC1. The van der Waals surface area contributed by atoms with Gasteiger partial charge < -0.3 is 9.67 Å². The Labute approximate surface area is 182 Å². The molecule has 2 aliphatic rings. The van der Waals surface area contributed by atoms with Gasteiger partial charge in [-0.2, -0.15) is 0 Å². The molecule has 0 bridgehead atoms. The summed E-state index contributed by atoms with van der Waals surface area (Å²) in [4.78, 5) is 4.60. The molecular formula is C25H28ClN3O. The summed E-state index contributed by atoms with van der Waals surface area (Å²) in [6.07, 6.45) is 7.99. The molecule has 2 N–H and O–H groups in total. The van der Waals surface area contributed by atoms with Crippen LogP contribution in [0.1, 0.15) is 63.1 Å². The molecule has 1 atom stereocenters. The van der Waals surface area contributed by atoms with Gasteiger partial charge in [-0.3, -0.25) is 5.32 Å². The zero-order chi connectivity index (χ0) is 20.9. The lowest BCUT2D eigenvalue weighted by Gasteiger charge is -2.30. The number of nitrogens with zero attached hydrogens (tertiary/aromatic N) is 2. The lowest BCUT2D eigenvalue weighted by atomic mass is 9.96. The summed E-state index contributed by atoms with van der Waals surface area (Å²) >= 11 is 6.10. The van der Waals surface area contributed by atoms with Crippen molar-refractivity contribution in [2.24, 2.45) is 5.92 Å². The third-order valence-electron chi connectivity index (χ3n) is 6.43. The largest absolute Gasteiger partial charge is 0.374 e. The molecule has 1 aromatic heterocycles. The average molecular weight is 422 g/mol. The van der Waals surface area contributed by atoms with Gasteiger partial charge in [-0.05, 0) is 92.5 Å². The molecule has 156 valence electrons. The first kappa shape index (κ1) is 19.8. The predicted molar refractivity (Wildman–Crippen MR) is 121 cm³/mol. The van der Waals surface area contributed by atoms with Crippen molar-refractivity contribution >= 4 is 11.6 Å². The quantitative estimate of drug-likeness (QED) is 0.471. The maximum absolute atomic E-state index is 11.1. The second-order valence-electron chi connectivity index (χ2n) is 9.29. The summed E-state index contributed by atoms with van der Waals surface area (Å²) in [5.74, 6) is 2.27. The Morgan fingerprint density at radius 1 is 1.07 bits per heavy atom. The highest BCUT2D eigenvalue weighted by atomic mass is 35.5. The lowest BCUT2D eigenvalue weighted by molar-refractivity contribution is 0.0938. The molecular weight excluding hydrogens is 394 g/mol. The van der Waals surface area contributed by atoms with Crippen LogP contribution >= 0.6 is 11.6 Å². The van der Waals surface area contributed by atoms with E-state index < -0.39 is 6.23 Å². The Kier molecular flexibility index (Phi) is 4.97. The maximum atomic E-state index is 11.1. The van der Waals surface area contributed by atoms with Crippen LogP contribution in [0.15, 0.2) is 54.9 Å². The zero-order valence-corrected chi connectivity index (χ0v) is 18.2. The van der Waals surface area contributed by atoms with Crippen LogP contribution < -0.4 is 5.32 Å². The van der Waals surface area contributed by atoms with Crippen molar-refractivity contribution in [3.05, 3.63) is 71.3 Å². The summed E-state index contributed by atoms with van der Waals surface area (Å²) in [6, 6.07) is 14.2. The molecule has 0 saturated heterocycles. The number of aliphatic hydroxyl groups excluding tert-OH is 1. The number of benzene rings is 2. The van der Waals surface area contributed by atoms with Crippen LogP contribution in [0.25, 0.3) is 16.8 Å². The number of halogens is 1. The van der Waals surface area contributed by atoms with E-state index in [9.17, 15) is 5.11 Å². The highest BCUT2D eigenvalue weighted by Gasteiger charge is 2.39. The van der Waals surface area contributed by atoms with Crippen molar-refractivity contribution in [2.75, 3.05) is 0 Å². The number of imidazole rings is 1. The highest BCUT2D eigenvalue weighted by molar-refractivity contribution is 6.30. The van der Waals surface area contributed by atoms with Crippen LogP contribution in [-0.2, 0) is 0 Å². The Balaban J connectivity index is 1.56. The summed E-state index contributed by atoms with van der Waals surface area (Å²) in [7, 11) is 0. The topological polar surface area (TPSA) is 50.1 Å². The Morgan fingerprint density at radius 2 is 1.80 bits per heavy atom. The Hall–Kier alpha value is -2.14. The first-order chi connectivity index (χ1) is 14.4. The van der Waals surface area contributed by atoms with E-state index in [1.165, 1.54) is 25.7 Å². The van der Waals surface area contributed by atoms with Crippen molar-refractivity contribution in [2.45, 2.75) is 57.2 Å². The molecule has 0 radical (unpaired) electrons. The molecule has 2 saturated carbocycles. The second-order valence-corrected chi connectivity index (χ2v) is 9.73. The van der Waals surface area contributed by atoms with Crippen LogP contribution in [-0.4, -0.2) is 20.2 Å². The van der Waals surface area contributed by atoms with Gasteiger partial charge in [0.05, 0.1) is 0 Å². The number of aliphatic hydroxyl groups is 1. The van der Waals surface area contributed by atoms with E-state index in [2.05, 4.69) is 46.9 Å². The molecule has 0 spiro atoms. The molecule has 2 fully saturated rings. The normalized spacial score (nSPS) is 17.9. The van der Waals surface area contributed by atoms with Gasteiger partial charge in [0, 0.05) is 34.6 Å². The van der Waals surface area contributed by atoms with E-state index >= 15 is 0 Å². The molecule has 0 aliphatic heterocycles. The zero-order valence-electron chi connectivity index (χ0n) is 17.5. The molecule has 1 heterocycles. The monoisotopic (exact) mass is 421 g/mol. The number of hydrogen-bond donors (Lipinski definition) is 2. The molecule has 1 unspecified atom stereocenters. The van der Waals surface area contributed by atoms with Crippen molar-refractivity contribution < 1.29 is 5.11 Å². The van der Waals surface area contributed by atoms with E-state index in [0.29, 0.717) is 16.9 Å². The van der Waals surface area contributed by atoms with E-state index in [1.807, 2.05) is 36.7 Å². The number of rotatable bonds is 7. The number of hydrogen-bond acceptors (Lipinski definition) is 3. The van der Waals surface area contributed by atoms with Gasteiger partial charge in [-0.1, -0.05) is 23.7 Å². The molecule has 30 heavy (non-hydrogen) atoms. The average Bonchev–Trinajstić information content (AvgIpc) is 3.66. The summed E-state index contributed by atoms with van der Waals surface area (Å²) in [6.45, 7) is 4.36. The molecule has 0 amide bonds. The van der Waals surface area contributed by atoms with Crippen LogP contribution in [0.5, 0.6) is 0 Å². The second kappa shape index (κ2) is 7.52. The highest BCUT2D eigenvalue weighted by Crippen LogP contribution is 2.41. The van der Waals surface area contributed by atoms with Gasteiger partial charge in [0.2, 0.25) is 0 Å². The van der Waals surface area contributed by atoms with E-state index in [-0.39, 0.29) is 5.54 Å². The third-order valence-corrected chi connectivity index (χ3v) is 6.68. The van der Waals surface area contributed by atoms with Gasteiger partial charge in [0.1, 0.15) is 12.1 Å². The molecule has 2 aromatic carbocycles. The van der Waals surface area contributed by atoms with Gasteiger partial charge in [0.25, 0.3) is 0 Å². The van der Waals surface area contributed by atoms with E-state index in [4.69, 9.17) is 11.6 Å². The third kappa shape index (κ3) is 4.04. The van der Waals surface area contributed by atoms with Crippen molar-refractivity contribution in [3.8, 4) is 16.8 Å². The fourth-order valence-corrected chi connectivity index (χ4v) is 4.40. The maximum Gasteiger partial charge on any atom is 0.131 e. The minimum Gasteiger partial charge on any atom is -0.374 e. The molecule has 5 heteroatoms. The van der Waals surface area contributed by atoms with Crippen LogP contribution in [0, 0.1) is 5.92 Å². The number of nitrogens with one attached hydrogen (secondary N) is 1. The first-order valence-corrected chi connectivity index (χ1v) is 11.2. The summed E-state index contributed by atoms with van der Waals surface area (Å²) in [5, 5.41) is 15.3. The van der Waals surface area contributed by atoms with E-state index in [1.54, 1.807) is 0 Å².